The molecule has 2 aromatic rings. The van der Waals surface area contributed by atoms with Crippen molar-refractivity contribution in [2.75, 3.05) is 5.32 Å². The van der Waals surface area contributed by atoms with Gasteiger partial charge in [0.25, 0.3) is 0 Å². The number of benzene rings is 1. The van der Waals surface area contributed by atoms with Gasteiger partial charge in [0.15, 0.2) is 5.82 Å². The highest BCUT2D eigenvalue weighted by Crippen LogP contribution is 2.30. The second-order valence-electron chi connectivity index (χ2n) is 3.74. The molecule has 1 heterocycles. The lowest BCUT2D eigenvalue weighted by atomic mass is 10.2. The first-order valence-corrected chi connectivity index (χ1v) is 6.36. The maximum Gasteiger partial charge on any atom is 0.150 e. The van der Waals surface area contributed by atoms with Crippen LogP contribution in [0.3, 0.4) is 0 Å². The van der Waals surface area contributed by atoms with E-state index in [0.717, 1.165) is 15.7 Å². The molecule has 0 radical (unpaired) electrons. The van der Waals surface area contributed by atoms with Crippen LogP contribution in [0.5, 0.6) is 0 Å². The molecule has 0 aliphatic heterocycles. The summed E-state index contributed by atoms with van der Waals surface area (Å²) in [6, 6.07) is 9.52. The zero-order valence-corrected chi connectivity index (χ0v) is 11.9. The van der Waals surface area contributed by atoms with Gasteiger partial charge in [-0.05, 0) is 46.6 Å². The predicted molar refractivity (Wildman–Crippen MR) is 76.1 cm³/mol. The Morgan fingerprint density at radius 2 is 2.17 bits per heavy atom. The topological polar surface area (TPSA) is 48.7 Å². The van der Waals surface area contributed by atoms with Gasteiger partial charge in [-0.3, -0.25) is 0 Å². The number of nitriles is 1. The first-order chi connectivity index (χ1) is 8.61. The molecule has 0 fully saturated rings. The van der Waals surface area contributed by atoms with E-state index in [9.17, 15) is 0 Å². The van der Waals surface area contributed by atoms with Crippen LogP contribution >= 0.6 is 27.5 Å². The average Bonchev–Trinajstić information content (AvgIpc) is 2.36. The largest absolute Gasteiger partial charge is 0.338 e. The van der Waals surface area contributed by atoms with Crippen LogP contribution in [0.4, 0.5) is 11.5 Å². The second kappa shape index (κ2) is 5.38. The van der Waals surface area contributed by atoms with Crippen molar-refractivity contribution in [3.63, 3.8) is 0 Å². The summed E-state index contributed by atoms with van der Waals surface area (Å²) in [7, 11) is 0. The summed E-state index contributed by atoms with van der Waals surface area (Å²) in [6.45, 7) is 2.00. The first kappa shape index (κ1) is 12.9. The van der Waals surface area contributed by atoms with Crippen molar-refractivity contribution >= 4 is 39.0 Å². The van der Waals surface area contributed by atoms with E-state index in [1.54, 1.807) is 12.3 Å². The Morgan fingerprint density at radius 3 is 2.89 bits per heavy atom. The van der Waals surface area contributed by atoms with E-state index in [0.29, 0.717) is 16.4 Å². The van der Waals surface area contributed by atoms with Gasteiger partial charge < -0.3 is 5.32 Å². The number of aromatic nitrogens is 1. The van der Waals surface area contributed by atoms with Gasteiger partial charge in [0.1, 0.15) is 11.1 Å². The zero-order chi connectivity index (χ0) is 13.1. The lowest BCUT2D eigenvalue weighted by molar-refractivity contribution is 1.29. The Morgan fingerprint density at radius 1 is 1.39 bits per heavy atom. The lowest BCUT2D eigenvalue weighted by Gasteiger charge is -2.10. The minimum Gasteiger partial charge on any atom is -0.338 e. The standard InChI is InChI=1S/C13H9BrClN3/c1-8-2-3-10(14)11(6-8)18-13-12(15)9(7-16)4-5-17-13/h2-6H,1H3,(H,17,18). The molecule has 18 heavy (non-hydrogen) atoms. The highest BCUT2D eigenvalue weighted by Gasteiger charge is 2.09. The number of aryl methyl sites for hydroxylation is 1. The molecule has 1 aromatic carbocycles. The highest BCUT2D eigenvalue weighted by molar-refractivity contribution is 9.10. The fraction of sp³-hybridized carbons (Fsp3) is 0.0769. The van der Waals surface area contributed by atoms with Crippen LogP contribution in [-0.2, 0) is 0 Å². The van der Waals surface area contributed by atoms with Gasteiger partial charge in [0.2, 0.25) is 0 Å². The molecule has 0 aliphatic carbocycles. The van der Waals surface area contributed by atoms with Crippen molar-refractivity contribution in [3.05, 3.63) is 51.1 Å². The Balaban J connectivity index is 2.41. The molecule has 1 N–H and O–H groups in total. The number of hydrogen-bond acceptors (Lipinski definition) is 3. The minimum atomic E-state index is 0.327. The van der Waals surface area contributed by atoms with Crippen molar-refractivity contribution in [1.29, 1.82) is 5.26 Å². The molecule has 0 aliphatic rings. The number of nitrogens with one attached hydrogen (secondary N) is 1. The van der Waals surface area contributed by atoms with Crippen molar-refractivity contribution in [2.24, 2.45) is 0 Å². The third-order valence-electron chi connectivity index (χ3n) is 2.38. The van der Waals surface area contributed by atoms with Gasteiger partial charge >= 0.3 is 0 Å². The molecule has 0 spiro atoms. The van der Waals surface area contributed by atoms with E-state index in [2.05, 4.69) is 26.2 Å². The zero-order valence-electron chi connectivity index (χ0n) is 9.54. The smallest absolute Gasteiger partial charge is 0.150 e. The number of hydrogen-bond donors (Lipinski definition) is 1. The second-order valence-corrected chi connectivity index (χ2v) is 4.97. The van der Waals surface area contributed by atoms with Gasteiger partial charge in [-0.2, -0.15) is 5.26 Å². The molecule has 0 amide bonds. The van der Waals surface area contributed by atoms with Gasteiger partial charge in [0, 0.05) is 10.7 Å². The number of pyridine rings is 1. The van der Waals surface area contributed by atoms with Crippen LogP contribution in [0.25, 0.3) is 0 Å². The molecule has 90 valence electrons. The van der Waals surface area contributed by atoms with Crippen LogP contribution in [0, 0.1) is 18.3 Å². The Labute approximate surface area is 119 Å². The van der Waals surface area contributed by atoms with E-state index in [-0.39, 0.29) is 0 Å². The summed E-state index contributed by atoms with van der Waals surface area (Å²) in [4.78, 5) is 4.14. The number of nitrogens with zero attached hydrogens (tertiary/aromatic N) is 2. The van der Waals surface area contributed by atoms with Gasteiger partial charge in [-0.25, -0.2) is 4.98 Å². The van der Waals surface area contributed by atoms with E-state index in [1.165, 1.54) is 0 Å². The minimum absolute atomic E-state index is 0.327. The van der Waals surface area contributed by atoms with Crippen LogP contribution < -0.4 is 5.32 Å². The maximum absolute atomic E-state index is 8.91. The summed E-state index contributed by atoms with van der Waals surface area (Å²) in [6.07, 6.45) is 1.55. The third kappa shape index (κ3) is 2.63. The molecule has 0 saturated carbocycles. The van der Waals surface area contributed by atoms with Crippen LogP contribution in [-0.4, -0.2) is 4.98 Å². The molecular formula is C13H9BrClN3. The molecule has 5 heteroatoms. The quantitative estimate of drug-likeness (QED) is 0.890. The Kier molecular flexibility index (Phi) is 3.85. The van der Waals surface area contributed by atoms with E-state index in [4.69, 9.17) is 16.9 Å². The van der Waals surface area contributed by atoms with Crippen molar-refractivity contribution in [1.82, 2.24) is 4.98 Å². The molecular weight excluding hydrogens is 314 g/mol. The van der Waals surface area contributed by atoms with Crippen LogP contribution in [0.2, 0.25) is 5.02 Å². The van der Waals surface area contributed by atoms with Gasteiger partial charge in [-0.1, -0.05) is 17.7 Å². The summed E-state index contributed by atoms with van der Waals surface area (Å²) < 4.78 is 0.910. The molecule has 0 saturated heterocycles. The molecule has 0 unspecified atom stereocenters. The number of halogens is 2. The Bertz CT molecular complexity index is 635. The van der Waals surface area contributed by atoms with Crippen LogP contribution in [0.15, 0.2) is 34.9 Å². The Hall–Kier alpha value is -1.57. The predicted octanol–water partition coefficient (Wildman–Crippen LogP) is 4.42. The third-order valence-corrected chi connectivity index (χ3v) is 3.46. The van der Waals surface area contributed by atoms with Gasteiger partial charge in [0.05, 0.1) is 11.3 Å². The maximum atomic E-state index is 8.91. The fourth-order valence-electron chi connectivity index (χ4n) is 1.48. The summed E-state index contributed by atoms with van der Waals surface area (Å²) in [5.74, 6) is 0.474. The number of rotatable bonds is 2. The highest BCUT2D eigenvalue weighted by atomic mass is 79.9. The van der Waals surface area contributed by atoms with Crippen molar-refractivity contribution in [2.45, 2.75) is 6.92 Å². The van der Waals surface area contributed by atoms with Crippen molar-refractivity contribution in [3.8, 4) is 6.07 Å². The van der Waals surface area contributed by atoms with E-state index < -0.39 is 0 Å². The SMILES string of the molecule is Cc1ccc(Br)c(Nc2nccc(C#N)c2Cl)c1. The normalized spacial score (nSPS) is 9.89. The average molecular weight is 323 g/mol. The van der Waals surface area contributed by atoms with Crippen molar-refractivity contribution < 1.29 is 0 Å². The molecule has 0 atom stereocenters. The summed E-state index contributed by atoms with van der Waals surface area (Å²) >= 11 is 9.54. The summed E-state index contributed by atoms with van der Waals surface area (Å²) in [5, 5.41) is 12.4. The van der Waals surface area contributed by atoms with Gasteiger partial charge in [-0.15, -0.1) is 0 Å². The summed E-state index contributed by atoms with van der Waals surface area (Å²) in [5.41, 5.74) is 2.38. The number of anilines is 2. The lowest BCUT2D eigenvalue weighted by Crippen LogP contribution is -1.97. The molecule has 1 aromatic heterocycles. The molecule has 2 rings (SSSR count). The van der Waals surface area contributed by atoms with Crippen LogP contribution in [0.1, 0.15) is 11.1 Å². The van der Waals surface area contributed by atoms with E-state index >= 15 is 0 Å². The van der Waals surface area contributed by atoms with E-state index in [1.807, 2.05) is 31.2 Å². The molecule has 0 bridgehead atoms. The monoisotopic (exact) mass is 321 g/mol. The first-order valence-electron chi connectivity index (χ1n) is 5.19. The molecule has 3 nitrogen and oxygen atoms in total. The fourth-order valence-corrected chi connectivity index (χ4v) is 2.03.